The van der Waals surface area contributed by atoms with Gasteiger partial charge in [0.2, 0.25) is 0 Å². The SMILES string of the molecule is CCNCc1cccc(F)c1N1CC(CO)OC(C)(C)C1. The van der Waals surface area contributed by atoms with Gasteiger partial charge in [0.1, 0.15) is 5.82 Å². The largest absolute Gasteiger partial charge is 0.394 e. The predicted octanol–water partition coefficient (Wildman–Crippen LogP) is 1.91. The highest BCUT2D eigenvalue weighted by Gasteiger charge is 2.34. The minimum absolute atomic E-state index is 0.0586. The molecular formula is C16H25FN2O2. The molecule has 1 heterocycles. The molecule has 0 bridgehead atoms. The van der Waals surface area contributed by atoms with Crippen LogP contribution in [0.25, 0.3) is 0 Å². The first-order chi connectivity index (χ1) is 9.96. The lowest BCUT2D eigenvalue weighted by molar-refractivity contribution is -0.101. The number of nitrogens with one attached hydrogen (secondary N) is 1. The molecule has 1 fully saturated rings. The van der Waals surface area contributed by atoms with Crippen LogP contribution in [-0.2, 0) is 11.3 Å². The van der Waals surface area contributed by atoms with Gasteiger partial charge in [-0.05, 0) is 32.0 Å². The molecule has 5 heteroatoms. The van der Waals surface area contributed by atoms with E-state index in [1.165, 1.54) is 6.07 Å². The summed E-state index contributed by atoms with van der Waals surface area (Å²) in [4.78, 5) is 1.99. The van der Waals surface area contributed by atoms with Crippen LogP contribution in [0.2, 0.25) is 0 Å². The lowest BCUT2D eigenvalue weighted by Gasteiger charge is -2.44. The molecule has 0 aromatic heterocycles. The monoisotopic (exact) mass is 296 g/mol. The number of para-hydroxylation sites is 1. The van der Waals surface area contributed by atoms with E-state index in [9.17, 15) is 9.50 Å². The molecule has 118 valence electrons. The summed E-state index contributed by atoms with van der Waals surface area (Å²) in [5.74, 6) is -0.222. The molecule has 2 N–H and O–H groups in total. The Kier molecular flexibility index (Phi) is 5.19. The third kappa shape index (κ3) is 3.93. The smallest absolute Gasteiger partial charge is 0.146 e. The van der Waals surface area contributed by atoms with Gasteiger partial charge in [-0.2, -0.15) is 0 Å². The molecule has 0 saturated carbocycles. The molecule has 1 aromatic rings. The number of aliphatic hydroxyl groups is 1. The van der Waals surface area contributed by atoms with Crippen molar-refractivity contribution < 1.29 is 14.2 Å². The van der Waals surface area contributed by atoms with Gasteiger partial charge in [0, 0.05) is 19.6 Å². The van der Waals surface area contributed by atoms with E-state index < -0.39 is 5.60 Å². The first-order valence-corrected chi connectivity index (χ1v) is 7.48. The van der Waals surface area contributed by atoms with E-state index in [4.69, 9.17) is 4.74 Å². The van der Waals surface area contributed by atoms with E-state index in [0.29, 0.717) is 25.3 Å². The van der Waals surface area contributed by atoms with E-state index in [1.807, 2.05) is 31.7 Å². The van der Waals surface area contributed by atoms with Crippen LogP contribution in [0.15, 0.2) is 18.2 Å². The van der Waals surface area contributed by atoms with E-state index in [2.05, 4.69) is 5.32 Å². The van der Waals surface area contributed by atoms with Gasteiger partial charge in [-0.3, -0.25) is 0 Å². The third-order valence-electron chi connectivity index (χ3n) is 3.64. The Morgan fingerprint density at radius 1 is 1.48 bits per heavy atom. The topological polar surface area (TPSA) is 44.7 Å². The summed E-state index contributed by atoms with van der Waals surface area (Å²) < 4.78 is 20.2. The lowest BCUT2D eigenvalue weighted by atomic mass is 10.0. The molecule has 1 aromatic carbocycles. The Bertz CT molecular complexity index is 479. The first-order valence-electron chi connectivity index (χ1n) is 7.48. The molecule has 0 radical (unpaired) electrons. The number of ether oxygens (including phenoxy) is 1. The van der Waals surface area contributed by atoms with Crippen molar-refractivity contribution in [3.8, 4) is 0 Å². The molecular weight excluding hydrogens is 271 g/mol. The number of nitrogens with zero attached hydrogens (tertiary/aromatic N) is 1. The summed E-state index contributed by atoms with van der Waals surface area (Å²) in [6.07, 6.45) is -0.291. The minimum atomic E-state index is -0.413. The fraction of sp³-hybridized carbons (Fsp3) is 0.625. The van der Waals surface area contributed by atoms with Crippen LogP contribution in [-0.4, -0.2) is 43.1 Å². The maximum atomic E-state index is 14.4. The highest BCUT2D eigenvalue weighted by Crippen LogP contribution is 2.30. The Morgan fingerprint density at radius 3 is 2.90 bits per heavy atom. The van der Waals surface area contributed by atoms with Crippen molar-refractivity contribution in [1.29, 1.82) is 0 Å². The molecule has 1 atom stereocenters. The number of anilines is 1. The maximum absolute atomic E-state index is 14.4. The molecule has 0 spiro atoms. The predicted molar refractivity (Wildman–Crippen MR) is 82.0 cm³/mol. The van der Waals surface area contributed by atoms with Crippen molar-refractivity contribution >= 4 is 5.69 Å². The van der Waals surface area contributed by atoms with Crippen LogP contribution in [0.4, 0.5) is 10.1 Å². The molecule has 21 heavy (non-hydrogen) atoms. The van der Waals surface area contributed by atoms with Crippen molar-refractivity contribution in [2.24, 2.45) is 0 Å². The molecule has 1 unspecified atom stereocenters. The van der Waals surface area contributed by atoms with E-state index in [0.717, 1.165) is 12.1 Å². The van der Waals surface area contributed by atoms with Crippen molar-refractivity contribution in [2.45, 2.75) is 39.0 Å². The highest BCUT2D eigenvalue weighted by atomic mass is 19.1. The van der Waals surface area contributed by atoms with Crippen LogP contribution in [0.1, 0.15) is 26.3 Å². The quantitative estimate of drug-likeness (QED) is 0.871. The van der Waals surface area contributed by atoms with Crippen molar-refractivity contribution in [1.82, 2.24) is 5.32 Å². The number of morpholine rings is 1. The first kappa shape index (κ1) is 16.2. The third-order valence-corrected chi connectivity index (χ3v) is 3.64. The van der Waals surface area contributed by atoms with Gasteiger partial charge >= 0.3 is 0 Å². The van der Waals surface area contributed by atoms with Gasteiger partial charge in [-0.25, -0.2) is 4.39 Å². The van der Waals surface area contributed by atoms with Gasteiger partial charge in [-0.15, -0.1) is 0 Å². The van der Waals surface area contributed by atoms with Crippen LogP contribution >= 0.6 is 0 Å². The molecule has 0 amide bonds. The molecule has 4 nitrogen and oxygen atoms in total. The standard InChI is InChI=1S/C16H25FN2O2/c1-4-18-8-12-6-5-7-14(17)15(12)19-9-13(10-20)21-16(2,3)11-19/h5-7,13,18,20H,4,8-11H2,1-3H3. The molecule has 2 rings (SSSR count). The Morgan fingerprint density at radius 2 is 2.24 bits per heavy atom. The number of rotatable bonds is 5. The minimum Gasteiger partial charge on any atom is -0.394 e. The highest BCUT2D eigenvalue weighted by molar-refractivity contribution is 5.55. The number of hydrogen-bond acceptors (Lipinski definition) is 4. The number of benzene rings is 1. The fourth-order valence-electron chi connectivity index (χ4n) is 2.88. The average molecular weight is 296 g/mol. The molecule has 1 aliphatic rings. The van der Waals surface area contributed by atoms with Crippen molar-refractivity contribution in [3.63, 3.8) is 0 Å². The summed E-state index contributed by atoms with van der Waals surface area (Å²) in [6.45, 7) is 8.47. The summed E-state index contributed by atoms with van der Waals surface area (Å²) in [6, 6.07) is 5.17. The van der Waals surface area contributed by atoms with Gasteiger partial charge in [-0.1, -0.05) is 19.1 Å². The molecule has 0 aliphatic carbocycles. The second-order valence-electron chi connectivity index (χ2n) is 6.09. The number of hydrogen-bond donors (Lipinski definition) is 2. The second-order valence-corrected chi connectivity index (χ2v) is 6.09. The number of halogens is 1. The summed E-state index contributed by atoms with van der Waals surface area (Å²) in [7, 11) is 0. The Balaban J connectivity index is 2.31. The van der Waals surface area contributed by atoms with Crippen molar-refractivity contribution in [2.75, 3.05) is 31.1 Å². The summed E-state index contributed by atoms with van der Waals surface area (Å²) in [5.41, 5.74) is 1.14. The van der Waals surface area contributed by atoms with Crippen LogP contribution in [0, 0.1) is 5.82 Å². The van der Waals surface area contributed by atoms with E-state index in [1.54, 1.807) is 6.07 Å². The van der Waals surface area contributed by atoms with Crippen LogP contribution < -0.4 is 10.2 Å². The van der Waals surface area contributed by atoms with Crippen LogP contribution in [0.5, 0.6) is 0 Å². The van der Waals surface area contributed by atoms with Gasteiger partial charge < -0.3 is 20.1 Å². The van der Waals surface area contributed by atoms with E-state index >= 15 is 0 Å². The van der Waals surface area contributed by atoms with Gasteiger partial charge in [0.15, 0.2) is 0 Å². The maximum Gasteiger partial charge on any atom is 0.146 e. The Hall–Kier alpha value is -1.17. The summed E-state index contributed by atoms with van der Waals surface area (Å²) in [5, 5.41) is 12.7. The van der Waals surface area contributed by atoms with Crippen molar-refractivity contribution in [3.05, 3.63) is 29.6 Å². The number of aliphatic hydroxyl groups excluding tert-OH is 1. The fourth-order valence-corrected chi connectivity index (χ4v) is 2.88. The summed E-state index contributed by atoms with van der Waals surface area (Å²) >= 11 is 0. The normalized spacial score (nSPS) is 21.6. The van der Waals surface area contributed by atoms with Gasteiger partial charge in [0.05, 0.1) is 24.0 Å². The second kappa shape index (κ2) is 6.73. The van der Waals surface area contributed by atoms with E-state index in [-0.39, 0.29) is 18.5 Å². The van der Waals surface area contributed by atoms with Gasteiger partial charge in [0.25, 0.3) is 0 Å². The zero-order valence-corrected chi connectivity index (χ0v) is 13.0. The molecule has 1 saturated heterocycles. The zero-order chi connectivity index (χ0) is 15.5. The molecule has 1 aliphatic heterocycles. The average Bonchev–Trinajstić information content (AvgIpc) is 2.43. The zero-order valence-electron chi connectivity index (χ0n) is 13.0. The Labute approximate surface area is 125 Å². The van der Waals surface area contributed by atoms with Crippen LogP contribution in [0.3, 0.4) is 0 Å². The lowest BCUT2D eigenvalue weighted by Crippen LogP contribution is -2.54.